The Morgan fingerprint density at radius 3 is 2.50 bits per heavy atom. The van der Waals surface area contributed by atoms with Crippen LogP contribution in [-0.2, 0) is 0 Å². The summed E-state index contributed by atoms with van der Waals surface area (Å²) in [5.41, 5.74) is 3.12. The second kappa shape index (κ2) is 4.12. The zero-order valence-corrected chi connectivity index (χ0v) is 8.64. The van der Waals surface area contributed by atoms with Gasteiger partial charge in [-0.05, 0) is 6.07 Å². The van der Waals surface area contributed by atoms with Gasteiger partial charge in [-0.25, -0.2) is 0 Å². The van der Waals surface area contributed by atoms with Crippen molar-refractivity contribution in [2.24, 2.45) is 0 Å². The lowest BCUT2D eigenvalue weighted by Crippen LogP contribution is -1.91. The van der Waals surface area contributed by atoms with Gasteiger partial charge >= 0.3 is 0 Å². The topological polar surface area (TPSA) is 20.2 Å². The number of para-hydroxylation sites is 1. The van der Waals surface area contributed by atoms with Crippen molar-refractivity contribution in [3.05, 3.63) is 35.5 Å². The Hall–Kier alpha value is -1.02. The number of phenolic OH excluding ortho intramolecular Hbond substituents is 1. The minimum atomic E-state index is -0.653. The van der Waals surface area contributed by atoms with Crippen LogP contribution in [-0.4, -0.2) is 13.9 Å². The molecule has 0 atom stereocenters. The summed E-state index contributed by atoms with van der Waals surface area (Å²) in [6.45, 7) is 4.49. The second-order valence-corrected chi connectivity index (χ2v) is 6.03. The fraction of sp³-hybridized carbons (Fsp3) is 0.200. The smallest absolute Gasteiger partial charge is 0.122 e. The summed E-state index contributed by atoms with van der Waals surface area (Å²) in [7, 11) is -0.653. The average Bonchev–Trinajstić information content (AvgIpc) is 2.03. The van der Waals surface area contributed by atoms with Crippen LogP contribution >= 0.6 is 0 Å². The highest BCUT2D eigenvalue weighted by molar-refractivity contribution is 6.62. The van der Waals surface area contributed by atoms with Crippen molar-refractivity contribution in [1.82, 2.24) is 0 Å². The minimum Gasteiger partial charge on any atom is -0.507 e. The molecule has 0 spiro atoms. The highest BCUT2D eigenvalue weighted by atomic mass is 28.3. The van der Waals surface area contributed by atoms with E-state index in [4.69, 9.17) is 0 Å². The van der Waals surface area contributed by atoms with Crippen molar-refractivity contribution < 1.29 is 5.11 Å². The number of aromatic hydroxyl groups is 1. The first-order valence-corrected chi connectivity index (χ1v) is 7.14. The Kier molecular flexibility index (Phi) is 3.11. The Bertz CT molecular complexity index is 279. The summed E-state index contributed by atoms with van der Waals surface area (Å²) >= 11 is 0. The van der Waals surface area contributed by atoms with E-state index in [9.17, 15) is 5.11 Å². The van der Waals surface area contributed by atoms with E-state index in [2.05, 4.69) is 18.8 Å². The molecule has 1 rings (SSSR count). The number of phenols is 1. The fourth-order valence-corrected chi connectivity index (χ4v) is 1.52. The van der Waals surface area contributed by atoms with Crippen LogP contribution < -0.4 is 0 Å². The molecule has 0 aliphatic carbocycles. The van der Waals surface area contributed by atoms with Crippen LogP contribution in [0.25, 0.3) is 6.08 Å². The predicted molar refractivity (Wildman–Crippen MR) is 56.0 cm³/mol. The van der Waals surface area contributed by atoms with Crippen LogP contribution in [0.3, 0.4) is 0 Å². The Balaban J connectivity index is 2.82. The highest BCUT2D eigenvalue weighted by Crippen LogP contribution is 2.16. The van der Waals surface area contributed by atoms with E-state index in [0.717, 1.165) is 5.56 Å². The van der Waals surface area contributed by atoms with E-state index in [1.165, 1.54) is 0 Å². The lowest BCUT2D eigenvalue weighted by Gasteiger charge is -1.97. The molecule has 0 aliphatic rings. The summed E-state index contributed by atoms with van der Waals surface area (Å²) in [6, 6.07) is 7.39. The Morgan fingerprint density at radius 2 is 1.92 bits per heavy atom. The second-order valence-electron chi connectivity index (χ2n) is 3.16. The molecule has 0 amide bonds. The van der Waals surface area contributed by atoms with E-state index < -0.39 is 8.80 Å². The van der Waals surface area contributed by atoms with E-state index in [0.29, 0.717) is 5.75 Å². The van der Waals surface area contributed by atoms with Crippen LogP contribution in [0, 0.1) is 0 Å². The largest absolute Gasteiger partial charge is 0.507 e. The summed E-state index contributed by atoms with van der Waals surface area (Å²) in [6.07, 6.45) is 2.01. The van der Waals surface area contributed by atoms with Crippen molar-refractivity contribution >= 4 is 14.9 Å². The molecule has 1 N–H and O–H groups in total. The standard InChI is InChI=1S/C10H14OSi/c1-12(2)8-7-9-5-3-4-6-10(9)11/h3-8,11-12H,1-2H3. The van der Waals surface area contributed by atoms with Crippen molar-refractivity contribution in [3.8, 4) is 5.75 Å². The molecule has 0 aromatic heterocycles. The third-order valence-corrected chi connectivity index (χ3v) is 2.56. The van der Waals surface area contributed by atoms with Crippen molar-refractivity contribution in [1.29, 1.82) is 0 Å². The molecule has 1 aromatic carbocycles. The first kappa shape index (κ1) is 9.07. The van der Waals surface area contributed by atoms with Gasteiger partial charge in [-0.2, -0.15) is 0 Å². The van der Waals surface area contributed by atoms with Gasteiger partial charge in [0.25, 0.3) is 0 Å². The van der Waals surface area contributed by atoms with Gasteiger partial charge in [0.05, 0.1) is 8.80 Å². The van der Waals surface area contributed by atoms with E-state index >= 15 is 0 Å². The van der Waals surface area contributed by atoms with Gasteiger partial charge in [-0.1, -0.05) is 43.1 Å². The molecule has 0 fully saturated rings. The summed E-state index contributed by atoms with van der Waals surface area (Å²) in [5.74, 6) is 0.364. The normalized spacial score (nSPS) is 11.2. The maximum absolute atomic E-state index is 9.39. The van der Waals surface area contributed by atoms with Crippen LogP contribution in [0.1, 0.15) is 5.56 Å². The predicted octanol–water partition coefficient (Wildman–Crippen LogP) is 2.43. The number of benzene rings is 1. The summed E-state index contributed by atoms with van der Waals surface area (Å²) in [5, 5.41) is 9.39. The average molecular weight is 178 g/mol. The molecule has 64 valence electrons. The van der Waals surface area contributed by atoms with Crippen LogP contribution in [0.5, 0.6) is 5.75 Å². The SMILES string of the molecule is C[SiH](C)C=Cc1ccccc1O. The highest BCUT2D eigenvalue weighted by Gasteiger charge is 1.93. The van der Waals surface area contributed by atoms with Gasteiger partial charge in [0.15, 0.2) is 0 Å². The zero-order valence-electron chi connectivity index (χ0n) is 7.49. The van der Waals surface area contributed by atoms with Gasteiger partial charge in [0, 0.05) is 5.56 Å². The molecule has 0 unspecified atom stereocenters. The molecule has 1 aromatic rings. The quantitative estimate of drug-likeness (QED) is 0.690. The molecule has 0 heterocycles. The Morgan fingerprint density at radius 1 is 1.25 bits per heavy atom. The molecule has 0 aliphatic heterocycles. The number of rotatable bonds is 2. The van der Waals surface area contributed by atoms with Crippen LogP contribution in [0.4, 0.5) is 0 Å². The number of hydrogen-bond donors (Lipinski definition) is 1. The van der Waals surface area contributed by atoms with Crippen molar-refractivity contribution in [3.63, 3.8) is 0 Å². The van der Waals surface area contributed by atoms with Gasteiger partial charge in [0.2, 0.25) is 0 Å². The summed E-state index contributed by atoms with van der Waals surface area (Å²) < 4.78 is 0. The van der Waals surface area contributed by atoms with Crippen LogP contribution in [0.2, 0.25) is 13.1 Å². The molecule has 0 radical (unpaired) electrons. The molecular formula is C10H14OSi. The lowest BCUT2D eigenvalue weighted by atomic mass is 10.2. The maximum Gasteiger partial charge on any atom is 0.122 e. The molecule has 0 saturated heterocycles. The molecule has 1 nitrogen and oxygen atoms in total. The van der Waals surface area contributed by atoms with Crippen LogP contribution in [0.15, 0.2) is 30.0 Å². The Labute approximate surface area is 75.0 Å². The van der Waals surface area contributed by atoms with Gasteiger partial charge in [0.1, 0.15) is 5.75 Å². The van der Waals surface area contributed by atoms with E-state index in [-0.39, 0.29) is 0 Å². The van der Waals surface area contributed by atoms with Crippen molar-refractivity contribution in [2.75, 3.05) is 0 Å². The molecule has 12 heavy (non-hydrogen) atoms. The molecule has 2 heteroatoms. The van der Waals surface area contributed by atoms with E-state index in [1.54, 1.807) is 6.07 Å². The first-order chi connectivity index (χ1) is 5.70. The molecule has 0 bridgehead atoms. The first-order valence-electron chi connectivity index (χ1n) is 4.16. The maximum atomic E-state index is 9.39. The zero-order chi connectivity index (χ0) is 8.97. The van der Waals surface area contributed by atoms with Crippen molar-refractivity contribution in [2.45, 2.75) is 13.1 Å². The van der Waals surface area contributed by atoms with Gasteiger partial charge in [-0.15, -0.1) is 0 Å². The monoisotopic (exact) mass is 178 g/mol. The van der Waals surface area contributed by atoms with Gasteiger partial charge in [-0.3, -0.25) is 0 Å². The molecular weight excluding hydrogens is 164 g/mol. The van der Waals surface area contributed by atoms with E-state index in [1.807, 2.05) is 24.3 Å². The number of hydrogen-bond acceptors (Lipinski definition) is 1. The fourth-order valence-electron chi connectivity index (χ4n) is 0.925. The lowest BCUT2D eigenvalue weighted by molar-refractivity contribution is 0.474. The third-order valence-electron chi connectivity index (χ3n) is 1.60. The minimum absolute atomic E-state index is 0.364. The summed E-state index contributed by atoms with van der Waals surface area (Å²) in [4.78, 5) is 0. The van der Waals surface area contributed by atoms with Gasteiger partial charge < -0.3 is 5.11 Å². The third kappa shape index (κ3) is 2.55. The molecule has 0 saturated carbocycles.